The summed E-state index contributed by atoms with van der Waals surface area (Å²) in [7, 11) is 0. The Hall–Kier alpha value is -1.71. The second-order valence-corrected chi connectivity index (χ2v) is 11.7. The number of rotatable bonds is 5. The summed E-state index contributed by atoms with van der Waals surface area (Å²) in [5.74, 6) is 3.69. The number of fused-ring (bicyclic) bond motifs is 3. The highest BCUT2D eigenvalue weighted by Gasteiger charge is 2.51. The summed E-state index contributed by atoms with van der Waals surface area (Å²) in [4.78, 5) is 20.5. The van der Waals surface area contributed by atoms with Crippen LogP contribution < -0.4 is 10.9 Å². The van der Waals surface area contributed by atoms with Gasteiger partial charge in [-0.3, -0.25) is 9.36 Å². The highest BCUT2D eigenvalue weighted by molar-refractivity contribution is 7.18. The van der Waals surface area contributed by atoms with Crippen LogP contribution in [-0.2, 0) is 25.9 Å². The van der Waals surface area contributed by atoms with E-state index in [1.165, 1.54) is 55.4 Å². The molecule has 6 heteroatoms. The minimum absolute atomic E-state index is 0.0131. The standard InChI is InChI=1S/C24H30N4OS/c25-5-6-28-20(27-22-21(23(28)29)18-3-1-2-4-19(18)30-22)13-26-14-24-10-15-7-16(11-24)9-17(8-15)12-24/h15-17,26H,1-4,6-14H2/p+1. The summed E-state index contributed by atoms with van der Waals surface area (Å²) >= 11 is 1.71. The van der Waals surface area contributed by atoms with E-state index in [2.05, 4.69) is 11.4 Å². The first-order valence-electron chi connectivity index (χ1n) is 11.9. The number of aryl methyl sites for hydroxylation is 2. The van der Waals surface area contributed by atoms with E-state index in [4.69, 9.17) is 4.98 Å². The zero-order valence-electron chi connectivity index (χ0n) is 17.7. The van der Waals surface area contributed by atoms with Gasteiger partial charge in [-0.15, -0.1) is 11.3 Å². The molecule has 5 aliphatic rings. The normalized spacial score (nSPS) is 31.8. The topological polar surface area (TPSA) is 75.3 Å². The highest BCUT2D eigenvalue weighted by atomic mass is 32.1. The number of thiophene rings is 1. The fraction of sp³-hybridized carbons (Fsp3) is 0.708. The molecule has 0 amide bonds. The lowest BCUT2D eigenvalue weighted by Gasteiger charge is -2.55. The molecule has 5 nitrogen and oxygen atoms in total. The van der Waals surface area contributed by atoms with Gasteiger partial charge in [0.2, 0.25) is 0 Å². The van der Waals surface area contributed by atoms with Crippen molar-refractivity contribution in [3.05, 3.63) is 26.6 Å². The van der Waals surface area contributed by atoms with E-state index in [0.717, 1.165) is 59.6 Å². The number of hydrogen-bond acceptors (Lipinski definition) is 4. The van der Waals surface area contributed by atoms with E-state index in [-0.39, 0.29) is 12.1 Å². The molecule has 4 fully saturated rings. The molecule has 2 aromatic heterocycles. The van der Waals surface area contributed by atoms with Crippen LogP contribution in [0.1, 0.15) is 67.6 Å². The molecule has 30 heavy (non-hydrogen) atoms. The monoisotopic (exact) mass is 423 g/mol. The fourth-order valence-corrected chi connectivity index (χ4v) is 8.99. The molecule has 0 aromatic carbocycles. The molecule has 0 unspecified atom stereocenters. The van der Waals surface area contributed by atoms with Crippen LogP contribution in [0.3, 0.4) is 0 Å². The number of nitriles is 1. The molecule has 4 bridgehead atoms. The molecular formula is C24H31N4OS+. The molecule has 0 aliphatic heterocycles. The molecule has 0 atom stereocenters. The Morgan fingerprint density at radius 2 is 1.83 bits per heavy atom. The van der Waals surface area contributed by atoms with E-state index < -0.39 is 0 Å². The quantitative estimate of drug-likeness (QED) is 0.803. The first-order valence-corrected chi connectivity index (χ1v) is 12.7. The molecule has 0 radical (unpaired) electrons. The third kappa shape index (κ3) is 3.05. The van der Waals surface area contributed by atoms with Gasteiger partial charge in [-0.25, -0.2) is 4.98 Å². The largest absolute Gasteiger partial charge is 0.339 e. The summed E-state index contributed by atoms with van der Waals surface area (Å²) in [6.45, 7) is 1.96. The summed E-state index contributed by atoms with van der Waals surface area (Å²) in [6, 6.07) is 2.20. The van der Waals surface area contributed by atoms with Gasteiger partial charge in [0.25, 0.3) is 5.56 Å². The average molecular weight is 424 g/mol. The van der Waals surface area contributed by atoms with Gasteiger partial charge in [-0.1, -0.05) is 0 Å². The first-order chi connectivity index (χ1) is 14.6. The molecule has 2 N–H and O–H groups in total. The van der Waals surface area contributed by atoms with Gasteiger partial charge < -0.3 is 5.32 Å². The summed E-state index contributed by atoms with van der Waals surface area (Å²) in [5, 5.41) is 12.6. The van der Waals surface area contributed by atoms with Gasteiger partial charge in [-0.05, 0) is 87.5 Å². The molecule has 2 heterocycles. The summed E-state index contributed by atoms with van der Waals surface area (Å²) in [6.07, 6.45) is 13.1. The molecular weight excluding hydrogens is 392 g/mol. The molecule has 0 saturated heterocycles. The third-order valence-electron chi connectivity index (χ3n) is 8.45. The Kier molecular flexibility index (Phi) is 4.54. The van der Waals surface area contributed by atoms with Crippen molar-refractivity contribution in [2.45, 2.75) is 77.3 Å². The van der Waals surface area contributed by atoms with Crippen molar-refractivity contribution in [3.8, 4) is 6.07 Å². The smallest absolute Gasteiger partial charge is 0.263 e. The zero-order chi connectivity index (χ0) is 20.3. The van der Waals surface area contributed by atoms with Gasteiger partial charge in [0, 0.05) is 10.3 Å². The average Bonchev–Trinajstić information content (AvgIpc) is 3.08. The van der Waals surface area contributed by atoms with Crippen LogP contribution in [-0.4, -0.2) is 16.1 Å². The Bertz CT molecular complexity index is 1060. The van der Waals surface area contributed by atoms with Gasteiger partial charge in [0.1, 0.15) is 17.9 Å². The minimum Gasteiger partial charge on any atom is -0.339 e. The molecule has 5 aliphatic carbocycles. The van der Waals surface area contributed by atoms with Crippen molar-refractivity contribution in [1.82, 2.24) is 9.55 Å². The van der Waals surface area contributed by atoms with Crippen LogP contribution in [0.25, 0.3) is 10.2 Å². The predicted molar refractivity (Wildman–Crippen MR) is 117 cm³/mol. The zero-order valence-corrected chi connectivity index (χ0v) is 18.5. The number of aromatic nitrogens is 2. The van der Waals surface area contributed by atoms with Crippen LogP contribution in [0.2, 0.25) is 0 Å². The number of hydrogen-bond donors (Lipinski definition) is 1. The second-order valence-electron chi connectivity index (χ2n) is 10.6. The maximum Gasteiger partial charge on any atom is 0.263 e. The summed E-state index contributed by atoms with van der Waals surface area (Å²) < 4.78 is 1.65. The Labute approximate surface area is 181 Å². The van der Waals surface area contributed by atoms with Crippen molar-refractivity contribution in [1.29, 1.82) is 5.26 Å². The van der Waals surface area contributed by atoms with Crippen LogP contribution in [0.4, 0.5) is 0 Å². The molecule has 2 aromatic rings. The van der Waals surface area contributed by atoms with Crippen LogP contribution in [0.15, 0.2) is 4.79 Å². The third-order valence-corrected chi connectivity index (χ3v) is 9.64. The SMILES string of the molecule is N#CCn1c(C[NH2+]CC23CC4CC(CC(C4)C2)C3)nc2sc3c(c2c1=O)CCCC3. The minimum atomic E-state index is 0.0131. The van der Waals surface area contributed by atoms with Crippen molar-refractivity contribution in [3.63, 3.8) is 0 Å². The van der Waals surface area contributed by atoms with E-state index in [0.29, 0.717) is 12.0 Å². The predicted octanol–water partition coefficient (Wildman–Crippen LogP) is 3.14. The Balaban J connectivity index is 1.27. The molecule has 0 spiro atoms. The number of nitrogens with two attached hydrogens (primary N) is 1. The lowest BCUT2D eigenvalue weighted by Crippen LogP contribution is -2.86. The van der Waals surface area contributed by atoms with Gasteiger partial charge in [0.05, 0.1) is 18.0 Å². The Morgan fingerprint density at radius 1 is 1.13 bits per heavy atom. The molecule has 4 saturated carbocycles. The first kappa shape index (κ1) is 19.0. The molecule has 7 rings (SSSR count). The molecule has 158 valence electrons. The van der Waals surface area contributed by atoms with Crippen LogP contribution in [0.5, 0.6) is 0 Å². The maximum absolute atomic E-state index is 13.3. The van der Waals surface area contributed by atoms with Gasteiger partial charge >= 0.3 is 0 Å². The Morgan fingerprint density at radius 3 is 2.53 bits per heavy atom. The van der Waals surface area contributed by atoms with Crippen molar-refractivity contribution in [2.75, 3.05) is 6.54 Å². The van der Waals surface area contributed by atoms with E-state index >= 15 is 0 Å². The lowest BCUT2D eigenvalue weighted by atomic mass is 9.49. The van der Waals surface area contributed by atoms with E-state index in [1.807, 2.05) is 0 Å². The number of quaternary nitrogens is 1. The fourth-order valence-electron chi connectivity index (χ4n) is 7.72. The van der Waals surface area contributed by atoms with Gasteiger partial charge in [0.15, 0.2) is 5.82 Å². The number of nitrogens with zero attached hydrogens (tertiary/aromatic N) is 3. The van der Waals surface area contributed by atoms with Crippen LogP contribution >= 0.6 is 11.3 Å². The van der Waals surface area contributed by atoms with Crippen LogP contribution in [0, 0.1) is 34.5 Å². The van der Waals surface area contributed by atoms with E-state index in [1.54, 1.807) is 15.9 Å². The lowest BCUT2D eigenvalue weighted by molar-refractivity contribution is -0.685. The van der Waals surface area contributed by atoms with E-state index in [9.17, 15) is 10.1 Å². The van der Waals surface area contributed by atoms with Crippen molar-refractivity contribution >= 4 is 21.6 Å². The summed E-state index contributed by atoms with van der Waals surface area (Å²) in [5.41, 5.74) is 1.75. The maximum atomic E-state index is 13.3. The second kappa shape index (κ2) is 7.17. The van der Waals surface area contributed by atoms with Crippen molar-refractivity contribution < 1.29 is 5.32 Å². The highest BCUT2D eigenvalue weighted by Crippen LogP contribution is 2.59. The van der Waals surface area contributed by atoms with Crippen molar-refractivity contribution in [2.24, 2.45) is 23.2 Å². The van der Waals surface area contributed by atoms with Gasteiger partial charge in [-0.2, -0.15) is 5.26 Å².